The van der Waals surface area contributed by atoms with E-state index in [-0.39, 0.29) is 57.1 Å². The molecule has 5 aliphatic carbocycles. The van der Waals surface area contributed by atoms with Gasteiger partial charge in [0.2, 0.25) is 11.6 Å². The van der Waals surface area contributed by atoms with Crippen molar-refractivity contribution < 1.29 is 19.8 Å². The minimum atomic E-state index is -1.51. The molecule has 8 atom stereocenters. The third-order valence-corrected chi connectivity index (χ3v) is 12.6. The van der Waals surface area contributed by atoms with E-state index in [9.17, 15) is 19.8 Å². The number of allylic oxidation sites excluding steroid dienone is 3. The Bertz CT molecular complexity index is 1200. The van der Waals surface area contributed by atoms with Crippen LogP contribution >= 0.6 is 0 Å². The number of aliphatic hydroxyl groups is 2. The Balaban J connectivity index is 1.68. The zero-order valence-corrected chi connectivity index (χ0v) is 24.6. The van der Waals surface area contributed by atoms with Gasteiger partial charge in [0.15, 0.2) is 5.78 Å². The molecule has 6 nitrogen and oxygen atoms in total. The number of fused-ring (bicyclic) bond motifs is 7. The molecule has 0 aromatic carbocycles. The predicted octanol–water partition coefficient (Wildman–Crippen LogP) is 6.08. The van der Waals surface area contributed by atoms with Gasteiger partial charge in [-0.1, -0.05) is 40.2 Å². The number of ketones is 1. The van der Waals surface area contributed by atoms with Crippen LogP contribution in [0.3, 0.4) is 0 Å². The van der Waals surface area contributed by atoms with Crippen molar-refractivity contribution in [3.63, 3.8) is 0 Å². The van der Waals surface area contributed by atoms with Crippen LogP contribution in [0.4, 0.5) is 0 Å². The number of hydrogen-bond acceptors (Lipinski definition) is 4. The van der Waals surface area contributed by atoms with Gasteiger partial charge in [-0.2, -0.15) is 0 Å². The summed E-state index contributed by atoms with van der Waals surface area (Å²) in [7, 11) is 3.69. The monoisotopic (exact) mass is 522 g/mol. The smallest absolute Gasteiger partial charge is 0.228 e. The fraction of sp³-hybridized carbons (Fsp3) is 0.781. The highest BCUT2D eigenvalue weighted by Crippen LogP contribution is 2.74. The molecule has 5 rings (SSSR count). The van der Waals surface area contributed by atoms with Crippen molar-refractivity contribution in [1.82, 2.24) is 4.90 Å². The first-order valence-electron chi connectivity index (χ1n) is 14.4. The van der Waals surface area contributed by atoms with Gasteiger partial charge in [-0.05, 0) is 91.9 Å². The molecule has 0 radical (unpaired) electrons. The zero-order valence-electron chi connectivity index (χ0n) is 24.6. The summed E-state index contributed by atoms with van der Waals surface area (Å²) in [6, 6.07) is 0. The molecule has 6 heteroatoms. The molecule has 208 valence electrons. The van der Waals surface area contributed by atoms with Crippen molar-refractivity contribution in [1.29, 1.82) is 0 Å². The van der Waals surface area contributed by atoms with Crippen LogP contribution in [0.5, 0.6) is 0 Å². The van der Waals surface area contributed by atoms with Crippen LogP contribution < -0.4 is 0 Å². The zero-order chi connectivity index (χ0) is 28.3. The molecule has 3 fully saturated rings. The molecular formula is C32H46N2O4. The van der Waals surface area contributed by atoms with E-state index in [2.05, 4.69) is 39.5 Å². The maximum Gasteiger partial charge on any atom is 0.228 e. The number of nitrogens with zero attached hydrogens (tertiary/aromatic N) is 2. The van der Waals surface area contributed by atoms with Gasteiger partial charge >= 0.3 is 0 Å². The van der Waals surface area contributed by atoms with Crippen LogP contribution in [-0.2, 0) is 9.59 Å². The first kappa shape index (κ1) is 27.4. The number of hydrogen-bond donors (Lipinski definition) is 2. The van der Waals surface area contributed by atoms with Gasteiger partial charge in [-0.3, -0.25) is 9.59 Å². The van der Waals surface area contributed by atoms with Crippen molar-refractivity contribution in [3.8, 4) is 0 Å². The summed E-state index contributed by atoms with van der Waals surface area (Å²) in [4.78, 5) is 33.6. The largest absolute Gasteiger partial charge is 0.521 e. The Morgan fingerprint density at radius 3 is 2.29 bits per heavy atom. The van der Waals surface area contributed by atoms with Crippen LogP contribution in [0.15, 0.2) is 23.1 Å². The summed E-state index contributed by atoms with van der Waals surface area (Å²) in [6.07, 6.45) is 8.00. The fourth-order valence-corrected chi connectivity index (χ4v) is 10.4. The Kier molecular flexibility index (Phi) is 5.75. The van der Waals surface area contributed by atoms with E-state index in [1.807, 2.05) is 20.2 Å². The molecule has 38 heavy (non-hydrogen) atoms. The van der Waals surface area contributed by atoms with Gasteiger partial charge in [-0.25, -0.2) is 4.85 Å². The summed E-state index contributed by atoms with van der Waals surface area (Å²) in [5.74, 6) is -0.442. The Hall–Kier alpha value is -2.13. The number of amides is 1. The Morgan fingerprint density at radius 2 is 1.68 bits per heavy atom. The van der Waals surface area contributed by atoms with E-state index >= 15 is 0 Å². The molecule has 0 saturated heterocycles. The first-order chi connectivity index (χ1) is 17.4. The number of carbonyl (C=O) groups excluding carboxylic acids is 2. The van der Waals surface area contributed by atoms with Crippen molar-refractivity contribution in [2.24, 2.45) is 44.8 Å². The standard InChI is InChI=1S/C32H46N2O4/c1-27(2)12-14-32(26(37)34(8)9)15-13-30(5)24(19(32)17-27)21(35)16-23-28(3)18-20(33-7)25(36)31(6,38)22(28)10-11-29(23,30)4/h16,19,22,24,36,38H,10-15,17-18H2,1-6,8-9H3/t19-,22+,24-,28-,29+,30+,31-,32-/m0/s1. The second kappa shape index (κ2) is 7.96. The van der Waals surface area contributed by atoms with E-state index in [1.54, 1.807) is 11.8 Å². The topological polar surface area (TPSA) is 82.2 Å². The third-order valence-electron chi connectivity index (χ3n) is 12.6. The van der Waals surface area contributed by atoms with Gasteiger partial charge in [0.25, 0.3) is 0 Å². The summed E-state index contributed by atoms with van der Waals surface area (Å²) in [5.41, 5.74) is -1.93. The number of carbonyl (C=O) groups is 2. The Labute approximate surface area is 228 Å². The molecule has 3 saturated carbocycles. The van der Waals surface area contributed by atoms with Crippen molar-refractivity contribution in [3.05, 3.63) is 34.5 Å². The van der Waals surface area contributed by atoms with Crippen LogP contribution in [0.25, 0.3) is 4.85 Å². The number of rotatable bonds is 1. The van der Waals surface area contributed by atoms with Crippen LogP contribution in [0.1, 0.15) is 92.9 Å². The minimum absolute atomic E-state index is 0.00948. The molecule has 1 amide bonds. The van der Waals surface area contributed by atoms with E-state index < -0.39 is 16.4 Å². The average molecular weight is 523 g/mol. The molecular weight excluding hydrogens is 476 g/mol. The lowest BCUT2D eigenvalue weighted by molar-refractivity contribution is -0.186. The van der Waals surface area contributed by atoms with E-state index in [0.717, 1.165) is 44.1 Å². The molecule has 0 aromatic heterocycles. The molecule has 5 aliphatic rings. The highest BCUT2D eigenvalue weighted by atomic mass is 16.3. The summed E-state index contributed by atoms with van der Waals surface area (Å²) < 4.78 is 0. The van der Waals surface area contributed by atoms with Gasteiger partial charge in [-0.15, -0.1) is 0 Å². The lowest BCUT2D eigenvalue weighted by Gasteiger charge is -2.69. The number of aliphatic hydroxyl groups excluding tert-OH is 1. The first-order valence-corrected chi connectivity index (χ1v) is 14.4. The average Bonchev–Trinajstić information content (AvgIpc) is 2.82. The molecule has 0 bridgehead atoms. The summed E-state index contributed by atoms with van der Waals surface area (Å²) in [5, 5.41) is 22.3. The third kappa shape index (κ3) is 3.20. The Morgan fingerprint density at radius 1 is 1.05 bits per heavy atom. The lowest BCUT2D eigenvalue weighted by Crippen LogP contribution is -2.67. The van der Waals surface area contributed by atoms with Crippen molar-refractivity contribution in [2.45, 2.75) is 98.5 Å². The minimum Gasteiger partial charge on any atom is -0.521 e. The second-order valence-corrected chi connectivity index (χ2v) is 15.3. The van der Waals surface area contributed by atoms with E-state index in [0.29, 0.717) is 12.8 Å². The lowest BCUT2D eigenvalue weighted by atomic mass is 9.34. The quantitative estimate of drug-likeness (QED) is 0.409. The summed E-state index contributed by atoms with van der Waals surface area (Å²) in [6.45, 7) is 20.6. The molecule has 0 spiro atoms. The van der Waals surface area contributed by atoms with Crippen LogP contribution in [0.2, 0.25) is 0 Å². The highest BCUT2D eigenvalue weighted by Gasteiger charge is 2.71. The van der Waals surface area contributed by atoms with E-state index in [1.165, 1.54) is 0 Å². The second-order valence-electron chi connectivity index (χ2n) is 15.3. The molecule has 0 aromatic rings. The SMILES string of the molecule is [C-]#[N+]C1=C(O)[C@@](C)(O)[C@@H]2CC[C@]3(C)C(=CC(=O)[C@@H]4[C@@H]5CC(C)(C)CC[C@]5(C(=O)N(C)C)CC[C@]43C)[C@@]2(C)C1. The fourth-order valence-electron chi connectivity index (χ4n) is 10.4. The van der Waals surface area contributed by atoms with Gasteiger partial charge in [0, 0.05) is 25.9 Å². The molecule has 0 unspecified atom stereocenters. The van der Waals surface area contributed by atoms with Gasteiger partial charge < -0.3 is 15.1 Å². The maximum absolute atomic E-state index is 14.4. The maximum atomic E-state index is 14.4. The molecule has 0 heterocycles. The summed E-state index contributed by atoms with van der Waals surface area (Å²) >= 11 is 0. The van der Waals surface area contributed by atoms with Crippen molar-refractivity contribution in [2.75, 3.05) is 14.1 Å². The van der Waals surface area contributed by atoms with Crippen molar-refractivity contribution >= 4 is 11.7 Å². The van der Waals surface area contributed by atoms with Gasteiger partial charge in [0.1, 0.15) is 11.4 Å². The van der Waals surface area contributed by atoms with E-state index in [4.69, 9.17) is 6.57 Å². The predicted molar refractivity (Wildman–Crippen MR) is 147 cm³/mol. The van der Waals surface area contributed by atoms with Gasteiger partial charge in [0.05, 0.1) is 12.0 Å². The normalized spacial score (nSPS) is 47.5. The highest BCUT2D eigenvalue weighted by molar-refractivity contribution is 5.96. The molecule has 2 N–H and O–H groups in total. The van der Waals surface area contributed by atoms with Crippen LogP contribution in [0, 0.1) is 51.4 Å². The van der Waals surface area contributed by atoms with Crippen LogP contribution in [-0.4, -0.2) is 46.5 Å². The molecule has 0 aliphatic heterocycles.